The van der Waals surface area contributed by atoms with Crippen LogP contribution >= 0.6 is 0 Å². The molecule has 0 aliphatic heterocycles. The highest BCUT2D eigenvalue weighted by atomic mass is 14.9. The van der Waals surface area contributed by atoms with Crippen LogP contribution in [0.25, 0.3) is 99.2 Å². The first-order valence-corrected chi connectivity index (χ1v) is 47.9. The van der Waals surface area contributed by atoms with E-state index in [1.165, 1.54) is 283 Å². The van der Waals surface area contributed by atoms with Gasteiger partial charge in [0.25, 0.3) is 0 Å². The Kier molecular flexibility index (Phi) is 28.2. The van der Waals surface area contributed by atoms with E-state index >= 15 is 0 Å². The number of rotatable bonds is 13. The number of hydrogen-bond acceptors (Lipinski definition) is 0. The summed E-state index contributed by atoms with van der Waals surface area (Å²) in [6.07, 6.45) is 40.9. The minimum absolute atomic E-state index is 0.288. The number of aryl methyl sites for hydroxylation is 7. The highest BCUT2D eigenvalue weighted by molar-refractivity contribution is 5.98. The molecule has 9 aromatic carbocycles. The first-order chi connectivity index (χ1) is 58.7. The van der Waals surface area contributed by atoms with E-state index in [1.807, 2.05) is 0 Å². The molecule has 0 saturated heterocycles. The highest BCUT2D eigenvalue weighted by Gasteiger charge is 2.31. The van der Waals surface area contributed by atoms with Crippen molar-refractivity contribution in [1.82, 2.24) is 0 Å². The largest absolute Gasteiger partial charge is 0.220 e. The van der Waals surface area contributed by atoms with Gasteiger partial charge in [0, 0.05) is 29.8 Å². The predicted octanol–water partition coefficient (Wildman–Crippen LogP) is 31.1. The van der Waals surface area contributed by atoms with Gasteiger partial charge in [0.2, 0.25) is 22.8 Å². The first-order valence-electron chi connectivity index (χ1n) is 47.9. The minimum Gasteiger partial charge on any atom is -0.200 e. The van der Waals surface area contributed by atoms with Gasteiger partial charge in [0.15, 0.2) is 24.8 Å². The molecule has 17 rings (SSSR count). The van der Waals surface area contributed by atoms with Gasteiger partial charge in [-0.15, -0.1) is 0 Å². The number of pyridine rings is 4. The molecular formula is C119H150N4+4. The number of fused-ring (bicyclic) bond motifs is 4. The first kappa shape index (κ1) is 89.9. The Labute approximate surface area is 743 Å². The van der Waals surface area contributed by atoms with Gasteiger partial charge < -0.3 is 0 Å². The molecule has 4 heterocycles. The topological polar surface area (TPSA) is 15.5 Å². The van der Waals surface area contributed by atoms with E-state index in [-0.39, 0.29) is 5.41 Å². The molecule has 642 valence electrons. The Balaban J connectivity index is 0.000000134. The zero-order valence-electron chi connectivity index (χ0n) is 79.8. The molecule has 0 N–H and O–H groups in total. The normalized spacial score (nSPS) is 15.5. The van der Waals surface area contributed by atoms with Crippen molar-refractivity contribution < 1.29 is 18.3 Å². The fraction of sp³-hybridized carbons (Fsp3) is 0.445. The Morgan fingerprint density at radius 1 is 0.252 bits per heavy atom. The summed E-state index contributed by atoms with van der Waals surface area (Å²) < 4.78 is 9.25. The maximum atomic E-state index is 2.65. The van der Waals surface area contributed by atoms with E-state index in [9.17, 15) is 0 Å². The molecule has 4 nitrogen and oxygen atoms in total. The molecule has 4 aliphatic rings. The quantitative estimate of drug-likeness (QED) is 0.102. The van der Waals surface area contributed by atoms with Crippen LogP contribution in [-0.4, -0.2) is 0 Å². The van der Waals surface area contributed by atoms with E-state index in [0.29, 0.717) is 16.2 Å². The highest BCUT2D eigenvalue weighted by Crippen LogP contribution is 2.46. The van der Waals surface area contributed by atoms with Gasteiger partial charge in [-0.05, 0) is 311 Å². The maximum absolute atomic E-state index is 2.65. The lowest BCUT2D eigenvalue weighted by Crippen LogP contribution is -2.31. The van der Waals surface area contributed by atoms with Crippen molar-refractivity contribution >= 4 is 43.1 Å². The van der Waals surface area contributed by atoms with Crippen LogP contribution in [0.1, 0.15) is 307 Å². The van der Waals surface area contributed by atoms with Crippen molar-refractivity contribution in [2.24, 2.45) is 49.9 Å². The third kappa shape index (κ3) is 22.3. The Morgan fingerprint density at radius 2 is 0.561 bits per heavy atom. The van der Waals surface area contributed by atoms with E-state index in [4.69, 9.17) is 0 Å². The summed E-state index contributed by atoms with van der Waals surface area (Å²) in [5, 5.41) is 10.8. The molecule has 4 aliphatic carbocycles. The molecule has 4 aromatic heterocycles. The summed E-state index contributed by atoms with van der Waals surface area (Å²) in [5.74, 6) is 2.95. The zero-order valence-corrected chi connectivity index (χ0v) is 79.8. The summed E-state index contributed by atoms with van der Waals surface area (Å²) in [5.41, 5.74) is 33.8. The van der Waals surface area contributed by atoms with Crippen LogP contribution < -0.4 is 18.3 Å². The van der Waals surface area contributed by atoms with Crippen molar-refractivity contribution in [2.75, 3.05) is 0 Å². The molecule has 0 unspecified atom stereocenters. The average Bonchev–Trinajstić information content (AvgIpc) is 0.765. The second-order valence-corrected chi connectivity index (χ2v) is 43.3. The number of nitrogens with zero attached hydrogens (tertiary/aromatic N) is 4. The second-order valence-electron chi connectivity index (χ2n) is 43.3. The van der Waals surface area contributed by atoms with E-state index in [2.05, 4.69) is 377 Å². The molecule has 0 radical (unpaired) electrons. The van der Waals surface area contributed by atoms with Crippen molar-refractivity contribution in [3.8, 4) is 56.2 Å². The lowest BCUT2D eigenvalue weighted by molar-refractivity contribution is -0.659. The van der Waals surface area contributed by atoms with Crippen LogP contribution in [0.3, 0.4) is 0 Å². The molecule has 4 fully saturated rings. The van der Waals surface area contributed by atoms with Crippen LogP contribution in [0.2, 0.25) is 0 Å². The Hall–Kier alpha value is -9.38. The Bertz CT molecular complexity index is 5870. The van der Waals surface area contributed by atoms with E-state index in [0.717, 1.165) is 49.4 Å². The van der Waals surface area contributed by atoms with E-state index in [1.54, 1.807) is 16.7 Å². The second kappa shape index (κ2) is 38.6. The third-order valence-electron chi connectivity index (χ3n) is 27.8. The van der Waals surface area contributed by atoms with Gasteiger partial charge in [-0.1, -0.05) is 275 Å². The fourth-order valence-corrected chi connectivity index (χ4v) is 21.5. The smallest absolute Gasteiger partial charge is 0.200 e. The zero-order chi connectivity index (χ0) is 87.2. The molecule has 0 atom stereocenters. The summed E-state index contributed by atoms with van der Waals surface area (Å²) >= 11 is 0. The van der Waals surface area contributed by atoms with Gasteiger partial charge in [-0.25, -0.2) is 18.3 Å². The SMILES string of the molecule is Cc1c(-c2c3ccc(CC(C)(C)C)cc3cc[n+]2C)cc(C2CCCCC2)cc1C1CCCCC1.Cc1cc(C2CCCCC2)cc(-c2c3ccc(CC(C)(C)C)cc3cc[n+]2C)c1C.Cc1ccc(-c2ccccc2)cc1-c1c2ccc(CC(C)(C)C)cc2cc[n+]1C.Cc1ccc(C2CCCCC2)cc1-c1c2ccc(CC(C)(C)C)cc2cc[n+]1C. The van der Waals surface area contributed by atoms with Gasteiger partial charge in [-0.2, -0.15) is 0 Å². The van der Waals surface area contributed by atoms with Crippen LogP contribution in [0, 0.1) is 56.3 Å². The van der Waals surface area contributed by atoms with Gasteiger partial charge >= 0.3 is 0 Å². The third-order valence-corrected chi connectivity index (χ3v) is 27.8. The van der Waals surface area contributed by atoms with Crippen molar-refractivity contribution in [2.45, 2.75) is 295 Å². The molecule has 123 heavy (non-hydrogen) atoms. The predicted molar refractivity (Wildman–Crippen MR) is 527 cm³/mol. The van der Waals surface area contributed by atoms with Crippen LogP contribution in [0.4, 0.5) is 0 Å². The summed E-state index contributed by atoms with van der Waals surface area (Å²) in [6, 6.07) is 72.3. The molecular weight excluding hydrogens is 1490 g/mol. The molecule has 0 spiro atoms. The number of benzene rings is 9. The summed E-state index contributed by atoms with van der Waals surface area (Å²) in [4.78, 5) is 0. The van der Waals surface area contributed by atoms with Crippen LogP contribution in [0.5, 0.6) is 0 Å². The molecule has 13 aromatic rings. The number of hydrogen-bond donors (Lipinski definition) is 0. The van der Waals surface area contributed by atoms with Crippen molar-refractivity contribution in [3.63, 3.8) is 0 Å². The summed E-state index contributed by atoms with van der Waals surface area (Å²) in [6.45, 7) is 39.2. The van der Waals surface area contributed by atoms with Crippen molar-refractivity contribution in [3.05, 3.63) is 285 Å². The number of aromatic nitrogens is 4. The minimum atomic E-state index is 0.288. The summed E-state index contributed by atoms with van der Waals surface area (Å²) in [7, 11) is 8.77. The van der Waals surface area contributed by atoms with Crippen LogP contribution in [-0.2, 0) is 53.9 Å². The van der Waals surface area contributed by atoms with Gasteiger partial charge in [0.05, 0.1) is 38.2 Å². The average molecular weight is 1640 g/mol. The molecule has 0 amide bonds. The molecule has 4 saturated carbocycles. The van der Waals surface area contributed by atoms with E-state index < -0.39 is 0 Å². The monoisotopic (exact) mass is 1640 g/mol. The van der Waals surface area contributed by atoms with Gasteiger partial charge in [0.1, 0.15) is 28.2 Å². The fourth-order valence-electron chi connectivity index (χ4n) is 21.5. The lowest BCUT2D eigenvalue weighted by atomic mass is 9.76. The molecule has 4 heteroatoms. The maximum Gasteiger partial charge on any atom is 0.220 e. The standard InChI is InChI=1S/C34H46N.C29H38N.C28H36N.C28H30N/c1-24-31(27-14-10-7-11-15-27)21-29(26-12-8-6-9-13-26)22-32(24)33-30-17-16-25(23-34(2,3)4)20-28(30)18-19-35(33)5;1-20-16-25(23-10-8-7-9-11-23)18-27(21(20)2)28-26-13-12-22(19-29(3,4)5)17-24(26)14-15-30(28)6;2*1-20-11-13-23(22-9-7-6-8-10-22)18-26(20)27-25-14-12-21(19-28(2,3)4)17-24(25)15-16-29(27)5/h16-22,26-27H,6-15,23H2,1-5H3;12-18,23H,7-11,19H2,1-6H3;11-18,22H,6-10,19H2,1-5H3;6-18H,19H2,1-5H3/q4*+1. The Morgan fingerprint density at radius 3 is 0.927 bits per heavy atom. The van der Waals surface area contributed by atoms with Crippen molar-refractivity contribution in [1.29, 1.82) is 0 Å². The van der Waals surface area contributed by atoms with Gasteiger partial charge in [-0.3, -0.25) is 0 Å². The molecule has 0 bridgehead atoms. The van der Waals surface area contributed by atoms with Crippen LogP contribution in [0.15, 0.2) is 213 Å². The lowest BCUT2D eigenvalue weighted by Gasteiger charge is -2.28.